The quantitative estimate of drug-likeness (QED) is 0.181. The molecular weight excluding hydrogens is 612 g/mol. The lowest BCUT2D eigenvalue weighted by Crippen LogP contribution is -1.95. The van der Waals surface area contributed by atoms with Gasteiger partial charge >= 0.3 is 0 Å². The predicted molar refractivity (Wildman–Crippen MR) is 194 cm³/mol. The van der Waals surface area contributed by atoms with Crippen molar-refractivity contribution in [3.63, 3.8) is 0 Å². The third-order valence-electron chi connectivity index (χ3n) is 8.94. The molecule has 0 bridgehead atoms. The Kier molecular flexibility index (Phi) is 6.00. The van der Waals surface area contributed by atoms with Crippen molar-refractivity contribution in [2.24, 2.45) is 0 Å². The number of hydrogen-bond acceptors (Lipinski definition) is 0. The first-order valence-electron chi connectivity index (χ1n) is 15.2. The zero-order valence-corrected chi connectivity index (χ0v) is 25.9. The van der Waals surface area contributed by atoms with E-state index < -0.39 is 0 Å². The van der Waals surface area contributed by atoms with E-state index >= 15 is 0 Å². The van der Waals surface area contributed by atoms with Gasteiger partial charge in [0.25, 0.3) is 0 Å². The van der Waals surface area contributed by atoms with Gasteiger partial charge in [-0.3, -0.25) is 0 Å². The van der Waals surface area contributed by atoms with E-state index in [2.05, 4.69) is 189 Å². The van der Waals surface area contributed by atoms with Crippen LogP contribution in [0.2, 0.25) is 0 Å². The summed E-state index contributed by atoms with van der Waals surface area (Å²) in [4.78, 5) is 0. The van der Waals surface area contributed by atoms with E-state index in [-0.39, 0.29) is 0 Å². The fraction of sp³-hybridized carbons (Fsp3) is 0. The van der Waals surface area contributed by atoms with E-state index in [0.29, 0.717) is 0 Å². The van der Waals surface area contributed by atoms with E-state index in [1.165, 1.54) is 65.9 Å². The Labute approximate surface area is 269 Å². The number of halogens is 1. The summed E-state index contributed by atoms with van der Waals surface area (Å²) in [6.07, 6.45) is 0. The molecule has 3 heteroatoms. The van der Waals surface area contributed by atoms with Crippen molar-refractivity contribution in [3.8, 4) is 33.6 Å². The minimum Gasteiger partial charge on any atom is -0.309 e. The summed E-state index contributed by atoms with van der Waals surface area (Å²) in [6.45, 7) is 0. The highest BCUT2D eigenvalue weighted by molar-refractivity contribution is 9.10. The fourth-order valence-electron chi connectivity index (χ4n) is 7.11. The fourth-order valence-corrected chi connectivity index (χ4v) is 7.61. The molecule has 0 aliphatic heterocycles. The van der Waals surface area contributed by atoms with E-state index in [9.17, 15) is 0 Å². The van der Waals surface area contributed by atoms with Gasteiger partial charge in [-0.25, -0.2) is 0 Å². The molecule has 2 heterocycles. The molecule has 0 radical (unpaired) electrons. The highest BCUT2D eigenvalue weighted by atomic mass is 79.9. The van der Waals surface area contributed by atoms with Gasteiger partial charge < -0.3 is 9.13 Å². The average molecular weight is 640 g/mol. The molecule has 9 rings (SSSR count). The second-order valence-electron chi connectivity index (χ2n) is 11.5. The number of fused-ring (bicyclic) bond motifs is 6. The maximum Gasteiger partial charge on any atom is 0.0619 e. The average Bonchev–Trinajstić information content (AvgIpc) is 3.62. The molecule has 0 saturated carbocycles. The maximum absolute atomic E-state index is 3.91. The van der Waals surface area contributed by atoms with Gasteiger partial charge in [0.2, 0.25) is 0 Å². The third kappa shape index (κ3) is 4.08. The Morgan fingerprint density at radius 2 is 0.889 bits per heavy atom. The molecular formula is C42H27BrN2. The molecule has 7 aromatic carbocycles. The van der Waals surface area contributed by atoms with E-state index in [1.54, 1.807) is 0 Å². The lowest BCUT2D eigenvalue weighted by molar-refractivity contribution is 1.18. The van der Waals surface area contributed by atoms with Crippen LogP contribution >= 0.6 is 15.9 Å². The first-order valence-corrected chi connectivity index (χ1v) is 16.0. The molecule has 2 aromatic heterocycles. The predicted octanol–water partition coefficient (Wildman–Crippen LogP) is 12.0. The van der Waals surface area contributed by atoms with Gasteiger partial charge in [-0.1, -0.05) is 119 Å². The molecule has 0 aliphatic rings. The molecule has 2 nitrogen and oxygen atoms in total. The topological polar surface area (TPSA) is 9.86 Å². The standard InChI is InChI=1S/C42H27BrN2/c43-30-26-28(33-19-12-24-40-41(33)37-18-8-10-23-39(37)44(40)31-13-3-1-4-14-31)25-29(27-30)34-20-11-21-36-35-17-7-9-22-38(35)45(42(34)36)32-15-5-2-6-16-32/h1-27H. The summed E-state index contributed by atoms with van der Waals surface area (Å²) >= 11 is 3.91. The van der Waals surface area contributed by atoms with Crippen LogP contribution in [0.1, 0.15) is 0 Å². The summed E-state index contributed by atoms with van der Waals surface area (Å²) in [7, 11) is 0. The monoisotopic (exact) mass is 638 g/mol. The second-order valence-corrected chi connectivity index (χ2v) is 12.4. The number of nitrogens with zero attached hydrogens (tertiary/aromatic N) is 2. The Morgan fingerprint density at radius 1 is 0.378 bits per heavy atom. The molecule has 0 atom stereocenters. The van der Waals surface area contributed by atoms with Gasteiger partial charge in [-0.15, -0.1) is 0 Å². The van der Waals surface area contributed by atoms with Crippen LogP contribution in [0.15, 0.2) is 168 Å². The molecule has 0 fully saturated rings. The number of rotatable bonds is 4. The summed E-state index contributed by atoms with van der Waals surface area (Å²) in [5, 5.41) is 5.02. The Hall–Kier alpha value is -5.38. The SMILES string of the molecule is Brc1cc(-c2cccc3c2c2ccccc2n3-c2ccccc2)cc(-c2cccc3c4ccccc4n(-c4ccccc4)c23)c1. The Bertz CT molecular complexity index is 2540. The van der Waals surface area contributed by atoms with Crippen molar-refractivity contribution < 1.29 is 0 Å². The number of hydrogen-bond donors (Lipinski definition) is 0. The van der Waals surface area contributed by atoms with Crippen LogP contribution in [-0.2, 0) is 0 Å². The van der Waals surface area contributed by atoms with Crippen LogP contribution in [-0.4, -0.2) is 9.13 Å². The van der Waals surface area contributed by atoms with Crippen LogP contribution in [0.3, 0.4) is 0 Å². The molecule has 0 unspecified atom stereocenters. The smallest absolute Gasteiger partial charge is 0.0619 e. The van der Waals surface area contributed by atoms with Crippen molar-refractivity contribution in [2.75, 3.05) is 0 Å². The van der Waals surface area contributed by atoms with E-state index in [4.69, 9.17) is 0 Å². The molecule has 0 aliphatic carbocycles. The normalized spacial score (nSPS) is 11.7. The second kappa shape index (κ2) is 10.4. The van der Waals surface area contributed by atoms with E-state index in [1.807, 2.05) is 0 Å². The van der Waals surface area contributed by atoms with Gasteiger partial charge in [0.1, 0.15) is 0 Å². The molecule has 0 N–H and O–H groups in total. The molecule has 0 saturated heterocycles. The lowest BCUT2D eigenvalue weighted by atomic mass is 9.95. The molecule has 0 spiro atoms. The summed E-state index contributed by atoms with van der Waals surface area (Å²) < 4.78 is 5.85. The van der Waals surface area contributed by atoms with Crippen molar-refractivity contribution in [1.82, 2.24) is 9.13 Å². The molecule has 0 amide bonds. The molecule has 212 valence electrons. The Balaban J connectivity index is 1.33. The lowest BCUT2D eigenvalue weighted by Gasteiger charge is -2.14. The maximum atomic E-state index is 3.91. The molecule has 9 aromatic rings. The van der Waals surface area contributed by atoms with E-state index in [0.717, 1.165) is 15.8 Å². The van der Waals surface area contributed by atoms with Crippen LogP contribution < -0.4 is 0 Å². The van der Waals surface area contributed by atoms with Crippen molar-refractivity contribution in [1.29, 1.82) is 0 Å². The van der Waals surface area contributed by atoms with Gasteiger partial charge in [0.05, 0.1) is 22.1 Å². The van der Waals surface area contributed by atoms with Gasteiger partial charge in [-0.05, 0) is 77.4 Å². The Morgan fingerprint density at radius 3 is 1.62 bits per heavy atom. The van der Waals surface area contributed by atoms with Gasteiger partial charge in [-0.2, -0.15) is 0 Å². The van der Waals surface area contributed by atoms with Crippen LogP contribution in [0.5, 0.6) is 0 Å². The minimum absolute atomic E-state index is 1.05. The van der Waals surface area contributed by atoms with Crippen LogP contribution in [0.25, 0.3) is 77.2 Å². The van der Waals surface area contributed by atoms with Crippen molar-refractivity contribution in [3.05, 3.63) is 168 Å². The van der Waals surface area contributed by atoms with Crippen molar-refractivity contribution in [2.45, 2.75) is 0 Å². The van der Waals surface area contributed by atoms with Gasteiger partial charge in [0.15, 0.2) is 0 Å². The van der Waals surface area contributed by atoms with Gasteiger partial charge in [0, 0.05) is 43.0 Å². The van der Waals surface area contributed by atoms with Crippen molar-refractivity contribution >= 4 is 59.5 Å². The summed E-state index contributed by atoms with van der Waals surface area (Å²) in [5.41, 5.74) is 11.9. The number of benzene rings is 7. The third-order valence-corrected chi connectivity index (χ3v) is 9.40. The van der Waals surface area contributed by atoms with Crippen LogP contribution in [0, 0.1) is 0 Å². The minimum atomic E-state index is 1.05. The first-order chi connectivity index (χ1) is 22.3. The highest BCUT2D eigenvalue weighted by Gasteiger charge is 2.19. The molecule has 45 heavy (non-hydrogen) atoms. The number of aromatic nitrogens is 2. The summed E-state index contributed by atoms with van der Waals surface area (Å²) in [6, 6.07) is 59.0. The first kappa shape index (κ1) is 26.1. The largest absolute Gasteiger partial charge is 0.309 e. The summed E-state index contributed by atoms with van der Waals surface area (Å²) in [5.74, 6) is 0. The number of para-hydroxylation sites is 5. The zero-order valence-electron chi connectivity index (χ0n) is 24.4. The van der Waals surface area contributed by atoms with Crippen LogP contribution in [0.4, 0.5) is 0 Å². The highest BCUT2D eigenvalue weighted by Crippen LogP contribution is 2.43. The zero-order chi connectivity index (χ0) is 29.9.